The predicted octanol–water partition coefficient (Wildman–Crippen LogP) is 4.38. The van der Waals surface area contributed by atoms with Crippen molar-refractivity contribution in [2.24, 2.45) is 0 Å². The average molecular weight is 359 g/mol. The Bertz CT molecular complexity index is 701. The molecule has 1 aliphatic rings. The van der Waals surface area contributed by atoms with Gasteiger partial charge < -0.3 is 14.4 Å². The molecule has 8 heteroatoms. The largest absolute Gasteiger partial charge is 0.438 e. The van der Waals surface area contributed by atoms with Crippen LogP contribution < -0.4 is 9.64 Å². The van der Waals surface area contributed by atoms with E-state index in [1.807, 2.05) is 12.1 Å². The van der Waals surface area contributed by atoms with Crippen molar-refractivity contribution in [3.05, 3.63) is 47.1 Å². The molecule has 0 bridgehead atoms. The maximum absolute atomic E-state index is 12.6. The van der Waals surface area contributed by atoms with Gasteiger partial charge in [0.2, 0.25) is 5.88 Å². The second-order valence-corrected chi connectivity index (χ2v) is 5.61. The van der Waals surface area contributed by atoms with Crippen molar-refractivity contribution in [3.8, 4) is 11.6 Å². The molecule has 0 saturated carbocycles. The minimum Gasteiger partial charge on any atom is -0.438 e. The molecule has 0 aliphatic carbocycles. The molecule has 0 unspecified atom stereocenters. The molecule has 0 atom stereocenters. The van der Waals surface area contributed by atoms with Gasteiger partial charge in [0.15, 0.2) is 0 Å². The Hall–Kier alpha value is -1.99. The Morgan fingerprint density at radius 3 is 2.38 bits per heavy atom. The highest BCUT2D eigenvalue weighted by Crippen LogP contribution is 2.34. The number of benzene rings is 1. The highest BCUT2D eigenvalue weighted by Gasteiger charge is 2.31. The van der Waals surface area contributed by atoms with E-state index in [4.69, 9.17) is 21.1 Å². The topological polar surface area (TPSA) is 34.6 Å². The van der Waals surface area contributed by atoms with Crippen LogP contribution in [-0.4, -0.2) is 31.3 Å². The van der Waals surface area contributed by atoms with Gasteiger partial charge in [-0.25, -0.2) is 4.98 Å². The Morgan fingerprint density at radius 2 is 1.79 bits per heavy atom. The van der Waals surface area contributed by atoms with Crippen molar-refractivity contribution in [2.75, 3.05) is 31.2 Å². The van der Waals surface area contributed by atoms with E-state index >= 15 is 0 Å². The van der Waals surface area contributed by atoms with Gasteiger partial charge in [0.1, 0.15) is 10.8 Å². The number of morpholine rings is 1. The number of halogens is 4. The van der Waals surface area contributed by atoms with Gasteiger partial charge in [0.05, 0.1) is 18.8 Å². The van der Waals surface area contributed by atoms with E-state index in [1.165, 1.54) is 0 Å². The molecule has 3 rings (SSSR count). The molecule has 1 saturated heterocycles. The number of hydrogen-bond acceptors (Lipinski definition) is 4. The van der Waals surface area contributed by atoms with Gasteiger partial charge in [-0.3, -0.25) is 0 Å². The fourth-order valence-electron chi connectivity index (χ4n) is 2.31. The quantitative estimate of drug-likeness (QED) is 0.815. The highest BCUT2D eigenvalue weighted by atomic mass is 35.5. The van der Waals surface area contributed by atoms with Crippen molar-refractivity contribution in [1.82, 2.24) is 4.98 Å². The van der Waals surface area contributed by atoms with Gasteiger partial charge in [-0.1, -0.05) is 11.6 Å². The summed E-state index contributed by atoms with van der Waals surface area (Å²) < 4.78 is 48.6. The van der Waals surface area contributed by atoms with Gasteiger partial charge in [0, 0.05) is 25.0 Å². The van der Waals surface area contributed by atoms with Crippen molar-refractivity contribution in [3.63, 3.8) is 0 Å². The Morgan fingerprint density at radius 1 is 1.12 bits per heavy atom. The van der Waals surface area contributed by atoms with E-state index in [0.29, 0.717) is 25.2 Å². The van der Waals surface area contributed by atoms with Crippen LogP contribution in [0.4, 0.5) is 18.9 Å². The Labute approximate surface area is 141 Å². The molecule has 2 heterocycles. The molecule has 2 aromatic rings. The summed E-state index contributed by atoms with van der Waals surface area (Å²) in [5.74, 6) is 0.380. The molecule has 1 aromatic heterocycles. The summed E-state index contributed by atoms with van der Waals surface area (Å²) in [5, 5.41) is -0.193. The van der Waals surface area contributed by atoms with Crippen molar-refractivity contribution >= 4 is 17.3 Å². The van der Waals surface area contributed by atoms with E-state index in [-0.39, 0.29) is 10.9 Å². The summed E-state index contributed by atoms with van der Waals surface area (Å²) in [7, 11) is 0. The molecule has 4 nitrogen and oxygen atoms in total. The molecule has 0 radical (unpaired) electrons. The number of anilines is 1. The summed E-state index contributed by atoms with van der Waals surface area (Å²) in [6, 6.07) is 7.99. The van der Waals surface area contributed by atoms with Crippen LogP contribution in [0.3, 0.4) is 0 Å². The van der Waals surface area contributed by atoms with Crippen LogP contribution in [0.2, 0.25) is 5.02 Å². The minimum absolute atomic E-state index is 0.0659. The lowest BCUT2D eigenvalue weighted by Gasteiger charge is -2.28. The van der Waals surface area contributed by atoms with E-state index in [1.54, 1.807) is 12.1 Å². The molecule has 1 fully saturated rings. The second kappa shape index (κ2) is 6.86. The molecular formula is C16H14ClF3N2O2. The van der Waals surface area contributed by atoms with Crippen LogP contribution in [0.25, 0.3) is 0 Å². The smallest absolute Gasteiger partial charge is 0.417 e. The molecule has 0 amide bonds. The third-order valence-corrected chi connectivity index (χ3v) is 3.83. The number of rotatable bonds is 3. The van der Waals surface area contributed by atoms with Crippen LogP contribution in [-0.2, 0) is 10.9 Å². The summed E-state index contributed by atoms with van der Waals surface area (Å²) in [6.45, 7) is 2.99. The van der Waals surface area contributed by atoms with Gasteiger partial charge >= 0.3 is 6.18 Å². The van der Waals surface area contributed by atoms with E-state index in [9.17, 15) is 13.2 Å². The van der Waals surface area contributed by atoms with Gasteiger partial charge in [-0.2, -0.15) is 13.2 Å². The number of nitrogens with zero attached hydrogens (tertiary/aromatic N) is 2. The molecule has 1 aliphatic heterocycles. The zero-order chi connectivity index (χ0) is 17.2. The first kappa shape index (κ1) is 16.9. The van der Waals surface area contributed by atoms with E-state index in [2.05, 4.69) is 9.88 Å². The molecule has 24 heavy (non-hydrogen) atoms. The lowest BCUT2D eigenvalue weighted by Crippen LogP contribution is -2.36. The molecular weight excluding hydrogens is 345 g/mol. The minimum atomic E-state index is -4.49. The van der Waals surface area contributed by atoms with Crippen LogP contribution in [0.15, 0.2) is 36.5 Å². The lowest BCUT2D eigenvalue weighted by molar-refractivity contribution is -0.137. The van der Waals surface area contributed by atoms with Crippen LogP contribution in [0, 0.1) is 0 Å². The maximum Gasteiger partial charge on any atom is 0.417 e. The van der Waals surface area contributed by atoms with Gasteiger partial charge in [-0.05, 0) is 30.3 Å². The highest BCUT2D eigenvalue weighted by molar-refractivity contribution is 6.31. The third kappa shape index (κ3) is 3.91. The van der Waals surface area contributed by atoms with Crippen LogP contribution in [0.1, 0.15) is 5.56 Å². The standard InChI is InChI=1S/C16H14ClF3N2O2/c17-14-9-11(16(18,19)20)10-21-15(14)24-13-3-1-12(2-4-13)22-5-7-23-8-6-22/h1-4,9-10H,5-8H2. The lowest BCUT2D eigenvalue weighted by atomic mass is 10.2. The molecule has 1 aromatic carbocycles. The Balaban J connectivity index is 1.72. The first-order valence-electron chi connectivity index (χ1n) is 7.27. The monoisotopic (exact) mass is 358 g/mol. The fraction of sp³-hybridized carbons (Fsp3) is 0.312. The SMILES string of the molecule is FC(F)(F)c1cnc(Oc2ccc(N3CCOCC3)cc2)c(Cl)c1. The zero-order valence-corrected chi connectivity index (χ0v) is 13.3. The van der Waals surface area contributed by atoms with E-state index < -0.39 is 11.7 Å². The molecule has 128 valence electrons. The predicted molar refractivity (Wildman–Crippen MR) is 83.8 cm³/mol. The second-order valence-electron chi connectivity index (χ2n) is 5.20. The maximum atomic E-state index is 12.6. The summed E-state index contributed by atoms with van der Waals surface area (Å²) in [4.78, 5) is 5.83. The Kier molecular flexibility index (Phi) is 4.82. The van der Waals surface area contributed by atoms with Gasteiger partial charge in [0.25, 0.3) is 0 Å². The molecule has 0 N–H and O–H groups in total. The molecule has 0 spiro atoms. The van der Waals surface area contributed by atoms with Gasteiger partial charge in [-0.15, -0.1) is 0 Å². The fourth-order valence-corrected chi connectivity index (χ4v) is 2.52. The van der Waals surface area contributed by atoms with Crippen LogP contribution in [0.5, 0.6) is 11.6 Å². The normalized spacial score (nSPS) is 15.4. The summed E-state index contributed by atoms with van der Waals surface area (Å²) in [6.07, 6.45) is -3.79. The van der Waals surface area contributed by atoms with Crippen molar-refractivity contribution in [1.29, 1.82) is 0 Å². The first-order valence-corrected chi connectivity index (χ1v) is 7.64. The third-order valence-electron chi connectivity index (χ3n) is 3.56. The summed E-state index contributed by atoms with van der Waals surface area (Å²) >= 11 is 5.83. The van der Waals surface area contributed by atoms with Crippen LogP contribution >= 0.6 is 11.6 Å². The average Bonchev–Trinajstić information content (AvgIpc) is 2.57. The van der Waals surface area contributed by atoms with E-state index in [0.717, 1.165) is 24.8 Å². The number of ether oxygens (including phenoxy) is 2. The van der Waals surface area contributed by atoms with Crippen molar-refractivity contribution in [2.45, 2.75) is 6.18 Å². The number of hydrogen-bond donors (Lipinski definition) is 0. The number of aromatic nitrogens is 1. The zero-order valence-electron chi connectivity index (χ0n) is 12.5. The first-order chi connectivity index (χ1) is 11.4. The van der Waals surface area contributed by atoms with Crippen molar-refractivity contribution < 1.29 is 22.6 Å². The summed E-state index contributed by atoms with van der Waals surface area (Å²) in [5.41, 5.74) is 0.111. The number of alkyl halides is 3. The number of pyridine rings is 1.